The molecule has 1 unspecified atom stereocenters. The van der Waals surface area contributed by atoms with Gasteiger partial charge in [-0.3, -0.25) is 0 Å². The minimum absolute atomic E-state index is 0.0611. The molecule has 1 aliphatic carbocycles. The molecule has 0 radical (unpaired) electrons. The SMILES string of the molecule is O=S(=O)(Cl)C1=CCC(c2ccccc2)(C(F)(F)F)C=C1. The molecule has 0 amide bonds. The van der Waals surface area contributed by atoms with E-state index in [9.17, 15) is 21.6 Å². The summed E-state index contributed by atoms with van der Waals surface area (Å²) < 4.78 is 62.6. The standard InChI is InChI=1S/C13H10ClF3O2S/c14-20(18,19)11-6-8-12(9-7-11,13(15,16)17)10-4-2-1-3-5-10/h1-8H,9H2. The first-order valence-corrected chi connectivity index (χ1v) is 7.94. The Hall–Kier alpha value is -1.27. The molecule has 1 aromatic rings. The zero-order valence-electron chi connectivity index (χ0n) is 10.1. The van der Waals surface area contributed by atoms with E-state index in [0.717, 1.165) is 18.2 Å². The van der Waals surface area contributed by atoms with Gasteiger partial charge in [-0.1, -0.05) is 42.5 Å². The summed E-state index contributed by atoms with van der Waals surface area (Å²) in [6.45, 7) is 0. The van der Waals surface area contributed by atoms with E-state index in [4.69, 9.17) is 10.7 Å². The summed E-state index contributed by atoms with van der Waals surface area (Å²) in [7, 11) is 1.11. The summed E-state index contributed by atoms with van der Waals surface area (Å²) in [6, 6.07) is 7.37. The first-order valence-electron chi connectivity index (χ1n) is 5.63. The predicted octanol–water partition coefficient (Wildman–Crippen LogP) is 3.90. The third kappa shape index (κ3) is 2.62. The van der Waals surface area contributed by atoms with Gasteiger partial charge in [0.15, 0.2) is 0 Å². The van der Waals surface area contributed by atoms with Gasteiger partial charge < -0.3 is 0 Å². The molecule has 0 saturated heterocycles. The summed E-state index contributed by atoms with van der Waals surface area (Å²) in [5, 5.41) is 0. The maximum Gasteiger partial charge on any atom is 0.402 e. The van der Waals surface area contributed by atoms with Crippen LogP contribution in [0.25, 0.3) is 0 Å². The van der Waals surface area contributed by atoms with Crippen molar-refractivity contribution < 1.29 is 21.6 Å². The lowest BCUT2D eigenvalue weighted by Gasteiger charge is -2.34. The Morgan fingerprint density at radius 3 is 2.15 bits per heavy atom. The Kier molecular flexibility index (Phi) is 3.73. The Labute approximate surface area is 119 Å². The van der Waals surface area contributed by atoms with Gasteiger partial charge >= 0.3 is 6.18 Å². The third-order valence-corrected chi connectivity index (χ3v) is 4.63. The van der Waals surface area contributed by atoms with E-state index in [2.05, 4.69) is 0 Å². The van der Waals surface area contributed by atoms with Crippen LogP contribution in [0.2, 0.25) is 0 Å². The van der Waals surface area contributed by atoms with Crippen molar-refractivity contribution in [2.75, 3.05) is 0 Å². The van der Waals surface area contributed by atoms with E-state index in [-0.39, 0.29) is 10.5 Å². The van der Waals surface area contributed by atoms with Crippen molar-refractivity contribution in [3.8, 4) is 0 Å². The van der Waals surface area contributed by atoms with Crippen LogP contribution in [-0.4, -0.2) is 14.6 Å². The third-order valence-electron chi connectivity index (χ3n) is 3.23. The predicted molar refractivity (Wildman–Crippen MR) is 70.8 cm³/mol. The number of alkyl halides is 3. The van der Waals surface area contributed by atoms with Gasteiger partial charge in [-0.15, -0.1) is 0 Å². The van der Waals surface area contributed by atoms with Gasteiger partial charge in [-0.2, -0.15) is 13.2 Å². The molecule has 2 nitrogen and oxygen atoms in total. The van der Waals surface area contributed by atoms with Crippen molar-refractivity contribution in [2.45, 2.75) is 18.0 Å². The number of benzene rings is 1. The maximum absolute atomic E-state index is 13.4. The topological polar surface area (TPSA) is 34.1 Å². The zero-order chi connectivity index (χ0) is 15.0. The molecule has 0 fully saturated rings. The molecule has 1 aliphatic rings. The second kappa shape index (κ2) is 4.93. The van der Waals surface area contributed by atoms with Crippen LogP contribution < -0.4 is 0 Å². The van der Waals surface area contributed by atoms with Gasteiger partial charge in [0.05, 0.1) is 4.91 Å². The summed E-state index contributed by atoms with van der Waals surface area (Å²) in [4.78, 5) is -0.310. The number of hydrogen-bond acceptors (Lipinski definition) is 2. The maximum atomic E-state index is 13.4. The highest BCUT2D eigenvalue weighted by Crippen LogP contribution is 2.47. The molecule has 0 spiro atoms. The molecule has 0 bridgehead atoms. The molecule has 0 aliphatic heterocycles. The minimum Gasteiger partial charge on any atom is -0.207 e. The number of allylic oxidation sites excluding steroid dienone is 3. The minimum atomic E-state index is -4.54. The smallest absolute Gasteiger partial charge is 0.207 e. The Morgan fingerprint density at radius 1 is 1.15 bits per heavy atom. The van der Waals surface area contributed by atoms with Gasteiger partial charge in [0, 0.05) is 10.7 Å². The van der Waals surface area contributed by atoms with E-state index in [1.165, 1.54) is 24.3 Å². The van der Waals surface area contributed by atoms with Gasteiger partial charge in [-0.05, 0) is 18.1 Å². The molecule has 1 atom stereocenters. The Balaban J connectivity index is 2.51. The first-order chi connectivity index (χ1) is 9.17. The molecule has 0 N–H and O–H groups in total. The second-order valence-electron chi connectivity index (χ2n) is 4.42. The molecule has 0 aromatic heterocycles. The average molecular weight is 323 g/mol. The molecule has 0 heterocycles. The van der Waals surface area contributed by atoms with E-state index in [1.54, 1.807) is 6.07 Å². The van der Waals surface area contributed by atoms with E-state index < -0.39 is 27.1 Å². The number of hydrogen-bond donors (Lipinski definition) is 0. The van der Waals surface area contributed by atoms with Crippen LogP contribution in [0.4, 0.5) is 13.2 Å². The number of halogens is 4. The molecule has 0 saturated carbocycles. The highest BCUT2D eigenvalue weighted by Gasteiger charge is 2.54. The van der Waals surface area contributed by atoms with Crippen LogP contribution >= 0.6 is 10.7 Å². The van der Waals surface area contributed by atoms with E-state index >= 15 is 0 Å². The fourth-order valence-corrected chi connectivity index (χ4v) is 2.98. The summed E-state index contributed by atoms with van der Waals surface area (Å²) in [6.07, 6.45) is -2.27. The summed E-state index contributed by atoms with van der Waals surface area (Å²) in [5.74, 6) is 0. The van der Waals surface area contributed by atoms with Crippen LogP contribution in [0, 0.1) is 0 Å². The van der Waals surface area contributed by atoms with E-state index in [1.807, 2.05) is 0 Å². The van der Waals surface area contributed by atoms with Crippen molar-refractivity contribution in [2.24, 2.45) is 0 Å². The summed E-state index contributed by atoms with van der Waals surface area (Å²) >= 11 is 0. The molecule has 20 heavy (non-hydrogen) atoms. The monoisotopic (exact) mass is 322 g/mol. The van der Waals surface area contributed by atoms with Crippen molar-refractivity contribution in [3.05, 3.63) is 59.0 Å². The number of rotatable bonds is 2. The first kappa shape index (κ1) is 15.1. The Morgan fingerprint density at radius 2 is 1.75 bits per heavy atom. The van der Waals surface area contributed by atoms with Crippen LogP contribution in [-0.2, 0) is 14.5 Å². The molecular weight excluding hydrogens is 313 g/mol. The molecule has 2 rings (SSSR count). The average Bonchev–Trinajstić information content (AvgIpc) is 2.37. The highest BCUT2D eigenvalue weighted by molar-refractivity contribution is 8.17. The van der Waals surface area contributed by atoms with Crippen molar-refractivity contribution in [1.29, 1.82) is 0 Å². The Bertz CT molecular complexity index is 663. The largest absolute Gasteiger partial charge is 0.402 e. The van der Waals surface area contributed by atoms with Crippen molar-refractivity contribution in [3.63, 3.8) is 0 Å². The lowest BCUT2D eigenvalue weighted by molar-refractivity contribution is -0.175. The van der Waals surface area contributed by atoms with Crippen LogP contribution in [0.3, 0.4) is 0 Å². The van der Waals surface area contributed by atoms with Crippen molar-refractivity contribution in [1.82, 2.24) is 0 Å². The highest BCUT2D eigenvalue weighted by atomic mass is 35.7. The van der Waals surface area contributed by atoms with Crippen molar-refractivity contribution >= 4 is 19.7 Å². The lowest BCUT2D eigenvalue weighted by atomic mass is 9.75. The van der Waals surface area contributed by atoms with Crippen LogP contribution in [0.1, 0.15) is 12.0 Å². The summed E-state index contributed by atoms with van der Waals surface area (Å²) in [5.41, 5.74) is -2.16. The van der Waals surface area contributed by atoms with E-state index in [0.29, 0.717) is 0 Å². The normalized spacial score (nSPS) is 23.5. The van der Waals surface area contributed by atoms with Crippen LogP contribution in [0.15, 0.2) is 53.5 Å². The second-order valence-corrected chi connectivity index (χ2v) is 6.98. The molecule has 108 valence electrons. The lowest BCUT2D eigenvalue weighted by Crippen LogP contribution is -2.41. The zero-order valence-corrected chi connectivity index (χ0v) is 11.6. The fraction of sp³-hybridized carbons (Fsp3) is 0.231. The van der Waals surface area contributed by atoms with Gasteiger partial charge in [0.2, 0.25) is 0 Å². The van der Waals surface area contributed by atoms with Gasteiger partial charge in [0.25, 0.3) is 9.05 Å². The van der Waals surface area contributed by atoms with Gasteiger partial charge in [-0.25, -0.2) is 8.42 Å². The molecule has 1 aromatic carbocycles. The molecule has 7 heteroatoms. The van der Waals surface area contributed by atoms with Crippen LogP contribution in [0.5, 0.6) is 0 Å². The fourth-order valence-electron chi connectivity index (χ4n) is 2.13. The van der Waals surface area contributed by atoms with Gasteiger partial charge in [0.1, 0.15) is 5.41 Å². The molecular formula is C13H10ClF3O2S. The quantitative estimate of drug-likeness (QED) is 0.774.